The van der Waals surface area contributed by atoms with Crippen molar-refractivity contribution in [1.82, 2.24) is 4.90 Å². The minimum atomic E-state index is -0.920. The van der Waals surface area contributed by atoms with E-state index in [9.17, 15) is 23.1 Å². The molecule has 1 aliphatic rings. The highest BCUT2D eigenvalue weighted by atomic mass is 19.2. The summed E-state index contributed by atoms with van der Waals surface area (Å²) in [6, 6.07) is 7.65. The van der Waals surface area contributed by atoms with E-state index in [1.807, 2.05) is 0 Å². The van der Waals surface area contributed by atoms with Crippen LogP contribution < -0.4 is 4.74 Å². The van der Waals surface area contributed by atoms with E-state index in [4.69, 9.17) is 9.47 Å². The Kier molecular flexibility index (Phi) is 7.89. The number of aliphatic hydroxyl groups is 1. The normalized spacial score (nSPS) is 18.5. The van der Waals surface area contributed by atoms with Crippen molar-refractivity contribution in [2.45, 2.75) is 64.2 Å². The van der Waals surface area contributed by atoms with Gasteiger partial charge in [0.2, 0.25) is 0 Å². The number of β-amino-alcohol motifs (C(OH)–C–C–N with tert-alkyl or cyclic N) is 1. The van der Waals surface area contributed by atoms with Crippen molar-refractivity contribution in [2.75, 3.05) is 13.2 Å². The van der Waals surface area contributed by atoms with Crippen LogP contribution >= 0.6 is 0 Å². The van der Waals surface area contributed by atoms with Crippen LogP contribution in [0.1, 0.15) is 44.7 Å². The van der Waals surface area contributed by atoms with Crippen molar-refractivity contribution in [2.24, 2.45) is 0 Å². The molecule has 0 spiro atoms. The molecule has 2 aromatic carbocycles. The third-order valence-electron chi connectivity index (χ3n) is 5.42. The van der Waals surface area contributed by atoms with Crippen LogP contribution in [-0.4, -0.2) is 47.0 Å². The minimum absolute atomic E-state index is 0.204. The number of amides is 1. The van der Waals surface area contributed by atoms with Gasteiger partial charge in [0, 0.05) is 12.5 Å². The van der Waals surface area contributed by atoms with E-state index < -0.39 is 35.2 Å². The molecule has 3 rings (SSSR count). The number of ether oxygens (including phenoxy) is 2. The van der Waals surface area contributed by atoms with Gasteiger partial charge >= 0.3 is 6.09 Å². The molecule has 1 aliphatic heterocycles. The number of halogens is 3. The van der Waals surface area contributed by atoms with E-state index in [0.29, 0.717) is 42.6 Å². The maximum atomic E-state index is 13.8. The number of likely N-dealkylation sites (tertiary alicyclic amines) is 1. The zero-order valence-electron chi connectivity index (χ0n) is 19.1. The van der Waals surface area contributed by atoms with Gasteiger partial charge in [0.05, 0.1) is 19.3 Å². The molecule has 1 N–H and O–H groups in total. The van der Waals surface area contributed by atoms with E-state index >= 15 is 0 Å². The zero-order chi connectivity index (χ0) is 24.2. The first kappa shape index (κ1) is 24.9. The van der Waals surface area contributed by atoms with Gasteiger partial charge in [-0.05, 0) is 81.5 Å². The molecule has 33 heavy (non-hydrogen) atoms. The maximum absolute atomic E-state index is 13.8. The first-order chi connectivity index (χ1) is 15.5. The summed E-state index contributed by atoms with van der Waals surface area (Å²) >= 11 is 0. The van der Waals surface area contributed by atoms with Crippen molar-refractivity contribution in [3.63, 3.8) is 0 Å². The Bertz CT molecular complexity index is 977. The third kappa shape index (κ3) is 7.12. The number of carbonyl (C=O) groups excluding carboxylic acids is 1. The number of hydrogen-bond acceptors (Lipinski definition) is 4. The number of aliphatic hydroxyl groups excluding tert-OH is 1. The lowest BCUT2D eigenvalue weighted by atomic mass is 10.0. The lowest BCUT2D eigenvalue weighted by Crippen LogP contribution is -2.40. The Labute approximate surface area is 192 Å². The van der Waals surface area contributed by atoms with Crippen molar-refractivity contribution in [3.05, 3.63) is 65.0 Å². The Hall–Kier alpha value is -2.74. The standard InChI is InChI=1S/C25H30F3NO4/c1-25(2,3)33-24(31)29-15-20(30)14-19(29)10-11-32-23-9-7-18(26)13-17(23)6-4-16-5-8-21(27)22(28)12-16/h5,7-9,12-13,19-20,30H,4,6,10-11,14-15H2,1-3H3/t19-,20-/m1/s1. The molecule has 0 unspecified atom stereocenters. The highest BCUT2D eigenvalue weighted by Crippen LogP contribution is 2.26. The molecule has 0 saturated carbocycles. The molecule has 0 aromatic heterocycles. The largest absolute Gasteiger partial charge is 0.493 e. The average Bonchev–Trinajstić information content (AvgIpc) is 3.09. The van der Waals surface area contributed by atoms with E-state index in [0.717, 1.165) is 12.1 Å². The van der Waals surface area contributed by atoms with Gasteiger partial charge in [-0.1, -0.05) is 6.07 Å². The van der Waals surface area contributed by atoms with E-state index in [-0.39, 0.29) is 19.2 Å². The minimum Gasteiger partial charge on any atom is -0.493 e. The van der Waals surface area contributed by atoms with Crippen LogP contribution in [-0.2, 0) is 17.6 Å². The highest BCUT2D eigenvalue weighted by molar-refractivity contribution is 5.69. The third-order valence-corrected chi connectivity index (χ3v) is 5.42. The molecule has 2 atom stereocenters. The summed E-state index contributed by atoms with van der Waals surface area (Å²) in [6.45, 7) is 5.81. The smallest absolute Gasteiger partial charge is 0.410 e. The van der Waals surface area contributed by atoms with E-state index in [2.05, 4.69) is 0 Å². The number of rotatable bonds is 7. The SMILES string of the molecule is CC(C)(C)OC(=O)N1C[C@H](O)C[C@H]1CCOc1ccc(F)cc1CCc1ccc(F)c(F)c1. The summed E-state index contributed by atoms with van der Waals surface area (Å²) in [4.78, 5) is 14.0. The molecule has 8 heteroatoms. The first-order valence-corrected chi connectivity index (χ1v) is 11.0. The summed E-state index contributed by atoms with van der Waals surface area (Å²) < 4.78 is 51.7. The number of benzene rings is 2. The van der Waals surface area contributed by atoms with Gasteiger partial charge in [0.1, 0.15) is 17.2 Å². The Morgan fingerprint density at radius 2 is 1.85 bits per heavy atom. The molecule has 0 aliphatic carbocycles. The second-order valence-electron chi connectivity index (χ2n) is 9.31. The molecule has 5 nitrogen and oxygen atoms in total. The lowest BCUT2D eigenvalue weighted by molar-refractivity contribution is 0.0195. The number of nitrogens with zero attached hydrogens (tertiary/aromatic N) is 1. The second kappa shape index (κ2) is 10.5. The predicted octanol–water partition coefficient (Wildman–Crippen LogP) is 5.03. The van der Waals surface area contributed by atoms with Crippen LogP contribution in [0, 0.1) is 17.5 Å². The maximum Gasteiger partial charge on any atom is 0.410 e. The lowest BCUT2D eigenvalue weighted by Gasteiger charge is -2.28. The molecular formula is C25H30F3NO4. The number of hydrogen-bond donors (Lipinski definition) is 1. The topological polar surface area (TPSA) is 59.0 Å². The van der Waals surface area contributed by atoms with E-state index in [1.54, 1.807) is 20.8 Å². The molecule has 1 amide bonds. The first-order valence-electron chi connectivity index (χ1n) is 11.0. The summed E-state index contributed by atoms with van der Waals surface area (Å²) in [5.74, 6) is -1.76. The summed E-state index contributed by atoms with van der Waals surface area (Å²) in [5, 5.41) is 10.0. The van der Waals surface area contributed by atoms with Crippen molar-refractivity contribution >= 4 is 6.09 Å². The monoisotopic (exact) mass is 465 g/mol. The van der Waals surface area contributed by atoms with E-state index in [1.165, 1.54) is 29.2 Å². The van der Waals surface area contributed by atoms with Crippen LogP contribution in [0.15, 0.2) is 36.4 Å². The van der Waals surface area contributed by atoms with Crippen LogP contribution in [0.3, 0.4) is 0 Å². The average molecular weight is 466 g/mol. The molecule has 1 saturated heterocycles. The highest BCUT2D eigenvalue weighted by Gasteiger charge is 2.36. The van der Waals surface area contributed by atoms with Crippen LogP contribution in [0.2, 0.25) is 0 Å². The predicted molar refractivity (Wildman–Crippen MR) is 118 cm³/mol. The molecule has 0 radical (unpaired) electrons. The van der Waals surface area contributed by atoms with Crippen LogP contribution in [0.5, 0.6) is 5.75 Å². The molecule has 2 aromatic rings. The van der Waals surface area contributed by atoms with Gasteiger partial charge in [0.15, 0.2) is 11.6 Å². The van der Waals surface area contributed by atoms with Gasteiger partial charge in [-0.15, -0.1) is 0 Å². The number of carbonyl (C=O) groups is 1. The second-order valence-corrected chi connectivity index (χ2v) is 9.31. The summed E-state index contributed by atoms with van der Waals surface area (Å²) in [6.07, 6.45) is 0.562. The van der Waals surface area contributed by atoms with Crippen molar-refractivity contribution in [3.8, 4) is 5.75 Å². The Balaban J connectivity index is 1.60. The molecule has 180 valence electrons. The molecule has 1 heterocycles. The van der Waals surface area contributed by atoms with Gasteiger partial charge in [0.25, 0.3) is 0 Å². The van der Waals surface area contributed by atoms with Gasteiger partial charge in [-0.2, -0.15) is 0 Å². The van der Waals surface area contributed by atoms with Crippen LogP contribution in [0.4, 0.5) is 18.0 Å². The Morgan fingerprint density at radius 1 is 1.09 bits per heavy atom. The zero-order valence-corrected chi connectivity index (χ0v) is 19.1. The Morgan fingerprint density at radius 3 is 2.55 bits per heavy atom. The molecule has 1 fully saturated rings. The number of aryl methyl sites for hydroxylation is 2. The van der Waals surface area contributed by atoms with Crippen molar-refractivity contribution in [1.29, 1.82) is 0 Å². The molecule has 0 bridgehead atoms. The van der Waals surface area contributed by atoms with Gasteiger partial charge in [-0.25, -0.2) is 18.0 Å². The summed E-state index contributed by atoms with van der Waals surface area (Å²) in [7, 11) is 0. The fraction of sp³-hybridized carbons (Fsp3) is 0.480. The van der Waals surface area contributed by atoms with Crippen LogP contribution in [0.25, 0.3) is 0 Å². The summed E-state index contributed by atoms with van der Waals surface area (Å²) in [5.41, 5.74) is 0.564. The molecular weight excluding hydrogens is 435 g/mol. The van der Waals surface area contributed by atoms with Crippen molar-refractivity contribution < 1.29 is 32.5 Å². The van der Waals surface area contributed by atoms with Gasteiger partial charge in [-0.3, -0.25) is 0 Å². The fourth-order valence-corrected chi connectivity index (χ4v) is 3.87. The fourth-order valence-electron chi connectivity index (χ4n) is 3.87. The van der Waals surface area contributed by atoms with Gasteiger partial charge < -0.3 is 19.5 Å². The quantitative estimate of drug-likeness (QED) is 0.623.